The molecule has 10 heteroatoms. The Balaban J connectivity index is 1.38. The fourth-order valence-corrected chi connectivity index (χ4v) is 6.63. The monoisotopic (exact) mass is 455 g/mol. The number of carbonyl (C=O) groups excluding carboxylic acids is 1. The zero-order valence-electron chi connectivity index (χ0n) is 16.3. The van der Waals surface area contributed by atoms with Gasteiger partial charge in [0.25, 0.3) is 10.0 Å². The van der Waals surface area contributed by atoms with Gasteiger partial charge in [0.05, 0.1) is 0 Å². The Morgan fingerprint density at radius 2 is 1.70 bits per heavy atom. The van der Waals surface area contributed by atoms with Gasteiger partial charge in [0.2, 0.25) is 5.91 Å². The lowest BCUT2D eigenvalue weighted by atomic mass is 9.97. The number of thiophene rings is 1. The predicted molar refractivity (Wildman–Crippen MR) is 112 cm³/mol. The number of hydrogen-bond donors (Lipinski definition) is 1. The first-order chi connectivity index (χ1) is 14.4. The number of rotatable bonds is 5. The largest absolute Gasteiger partial charge is 0.367 e. The van der Waals surface area contributed by atoms with E-state index in [1.807, 2.05) is 0 Å². The molecule has 0 atom stereocenters. The molecule has 1 aromatic carbocycles. The summed E-state index contributed by atoms with van der Waals surface area (Å²) >= 11 is 1.16. The number of amides is 1. The summed E-state index contributed by atoms with van der Waals surface area (Å²) in [7, 11) is -3.53. The molecule has 3 heterocycles. The second kappa shape index (κ2) is 8.60. The molecule has 6 nitrogen and oxygen atoms in total. The molecule has 0 aliphatic carbocycles. The fraction of sp³-hybridized carbons (Fsp3) is 0.450. The van der Waals surface area contributed by atoms with E-state index in [1.54, 1.807) is 22.4 Å². The maximum Gasteiger partial charge on any atom is 0.252 e. The van der Waals surface area contributed by atoms with Crippen LogP contribution in [-0.2, 0) is 14.8 Å². The molecule has 2 saturated heterocycles. The topological polar surface area (TPSA) is 69.7 Å². The number of nitrogens with zero attached hydrogens (tertiary/aromatic N) is 2. The Bertz CT molecular complexity index is 991. The number of piperidine rings is 1. The minimum absolute atomic E-state index is 0.0439. The van der Waals surface area contributed by atoms with E-state index < -0.39 is 27.6 Å². The third-order valence-corrected chi connectivity index (χ3v) is 8.89. The van der Waals surface area contributed by atoms with E-state index in [4.69, 9.17) is 0 Å². The van der Waals surface area contributed by atoms with Crippen molar-refractivity contribution in [3.8, 4) is 0 Å². The first-order valence-electron chi connectivity index (χ1n) is 9.95. The van der Waals surface area contributed by atoms with Crippen LogP contribution in [0.15, 0.2) is 33.9 Å². The van der Waals surface area contributed by atoms with Crippen LogP contribution in [0.4, 0.5) is 20.2 Å². The van der Waals surface area contributed by atoms with Gasteiger partial charge in [-0.3, -0.25) is 4.79 Å². The highest BCUT2D eigenvalue weighted by atomic mass is 32.2. The second-order valence-corrected chi connectivity index (χ2v) is 10.7. The van der Waals surface area contributed by atoms with Crippen LogP contribution in [0.25, 0.3) is 0 Å². The number of halogens is 2. The number of anilines is 2. The highest BCUT2D eigenvalue weighted by Crippen LogP contribution is 2.31. The lowest BCUT2D eigenvalue weighted by molar-refractivity contribution is -0.120. The summed E-state index contributed by atoms with van der Waals surface area (Å²) in [6.07, 6.45) is 2.51. The number of hydrogen-bond acceptors (Lipinski definition) is 5. The molecule has 1 aromatic heterocycles. The van der Waals surface area contributed by atoms with Gasteiger partial charge in [-0.15, -0.1) is 11.3 Å². The molecule has 30 heavy (non-hydrogen) atoms. The first kappa shape index (κ1) is 21.2. The van der Waals surface area contributed by atoms with Gasteiger partial charge in [-0.1, -0.05) is 6.07 Å². The van der Waals surface area contributed by atoms with E-state index in [0.717, 1.165) is 36.3 Å². The van der Waals surface area contributed by atoms with Crippen molar-refractivity contribution in [3.63, 3.8) is 0 Å². The van der Waals surface area contributed by atoms with E-state index in [1.165, 1.54) is 4.31 Å². The molecular formula is C20H23F2N3O3S2. The van der Waals surface area contributed by atoms with Crippen molar-refractivity contribution < 1.29 is 22.0 Å². The summed E-state index contributed by atoms with van der Waals surface area (Å²) < 4.78 is 55.8. The van der Waals surface area contributed by atoms with E-state index in [2.05, 4.69) is 5.32 Å². The summed E-state index contributed by atoms with van der Waals surface area (Å²) in [6, 6.07) is 5.54. The van der Waals surface area contributed by atoms with Crippen LogP contribution in [-0.4, -0.2) is 44.8 Å². The molecule has 2 aromatic rings. The van der Waals surface area contributed by atoms with Crippen molar-refractivity contribution in [2.45, 2.75) is 29.9 Å². The fourth-order valence-electron chi connectivity index (χ4n) is 4.02. The molecule has 162 valence electrons. The van der Waals surface area contributed by atoms with Crippen molar-refractivity contribution in [2.24, 2.45) is 5.92 Å². The molecule has 0 radical (unpaired) electrons. The summed E-state index contributed by atoms with van der Waals surface area (Å²) in [6.45, 7) is 1.70. The predicted octanol–water partition coefficient (Wildman–Crippen LogP) is 3.67. The maximum atomic E-state index is 14.5. The maximum absolute atomic E-state index is 14.5. The molecule has 0 unspecified atom stereocenters. The molecule has 2 aliphatic heterocycles. The van der Waals surface area contributed by atoms with Crippen LogP contribution in [0.5, 0.6) is 0 Å². The van der Waals surface area contributed by atoms with Gasteiger partial charge < -0.3 is 10.2 Å². The summed E-state index contributed by atoms with van der Waals surface area (Å²) in [4.78, 5) is 14.3. The molecule has 1 N–H and O–H groups in total. The number of sulfonamides is 1. The van der Waals surface area contributed by atoms with Crippen LogP contribution in [0.2, 0.25) is 0 Å². The SMILES string of the molecule is O=C(Nc1cc(F)c(N2CCCC2)c(F)c1)C1CCN(S(=O)(=O)c2cccs2)CC1. The van der Waals surface area contributed by atoms with Crippen LogP contribution in [0.3, 0.4) is 0 Å². The van der Waals surface area contributed by atoms with Crippen molar-refractivity contribution in [2.75, 3.05) is 36.4 Å². The van der Waals surface area contributed by atoms with E-state index in [9.17, 15) is 22.0 Å². The van der Waals surface area contributed by atoms with Gasteiger partial charge in [-0.2, -0.15) is 4.31 Å². The molecule has 4 rings (SSSR count). The van der Waals surface area contributed by atoms with E-state index in [0.29, 0.717) is 25.9 Å². The minimum Gasteiger partial charge on any atom is -0.367 e. The zero-order chi connectivity index (χ0) is 21.3. The van der Waals surface area contributed by atoms with Gasteiger partial charge in [-0.25, -0.2) is 17.2 Å². The van der Waals surface area contributed by atoms with Crippen LogP contribution >= 0.6 is 11.3 Å². The van der Waals surface area contributed by atoms with Crippen molar-refractivity contribution in [1.82, 2.24) is 4.31 Å². The summed E-state index contributed by atoms with van der Waals surface area (Å²) in [5, 5.41) is 4.30. The van der Waals surface area contributed by atoms with Crippen LogP contribution in [0, 0.1) is 17.6 Å². The molecule has 2 fully saturated rings. The smallest absolute Gasteiger partial charge is 0.252 e. The van der Waals surface area contributed by atoms with Gasteiger partial charge in [0, 0.05) is 37.8 Å². The Labute approximate surface area is 178 Å². The molecule has 2 aliphatic rings. The lowest BCUT2D eigenvalue weighted by Crippen LogP contribution is -2.41. The van der Waals surface area contributed by atoms with Crippen molar-refractivity contribution in [1.29, 1.82) is 0 Å². The Hall–Kier alpha value is -2.04. The van der Waals surface area contributed by atoms with Gasteiger partial charge in [0.15, 0.2) is 11.6 Å². The van der Waals surface area contributed by atoms with Gasteiger partial charge in [-0.05, 0) is 49.3 Å². The average molecular weight is 456 g/mol. The van der Waals surface area contributed by atoms with Gasteiger partial charge >= 0.3 is 0 Å². The normalized spacial score (nSPS) is 18.7. The standard InChI is InChI=1S/C20H23F2N3O3S2/c21-16-12-15(13-17(22)19(16)24-7-1-2-8-24)23-20(26)14-5-9-25(10-6-14)30(27,28)18-4-3-11-29-18/h3-4,11-14H,1-2,5-10H2,(H,23,26). The Morgan fingerprint density at radius 1 is 1.07 bits per heavy atom. The highest BCUT2D eigenvalue weighted by molar-refractivity contribution is 7.91. The Kier molecular flexibility index (Phi) is 6.08. The van der Waals surface area contributed by atoms with E-state index in [-0.39, 0.29) is 34.6 Å². The Morgan fingerprint density at radius 3 is 2.27 bits per heavy atom. The molecule has 1 amide bonds. The third-order valence-electron chi connectivity index (χ3n) is 5.62. The highest BCUT2D eigenvalue weighted by Gasteiger charge is 2.33. The van der Waals surface area contributed by atoms with E-state index >= 15 is 0 Å². The van der Waals surface area contributed by atoms with Crippen molar-refractivity contribution in [3.05, 3.63) is 41.3 Å². The molecular weight excluding hydrogens is 432 g/mol. The number of benzene rings is 1. The molecule has 0 bridgehead atoms. The molecule has 0 saturated carbocycles. The van der Waals surface area contributed by atoms with Crippen LogP contribution in [0.1, 0.15) is 25.7 Å². The summed E-state index contributed by atoms with van der Waals surface area (Å²) in [5.74, 6) is -2.15. The quantitative estimate of drug-likeness (QED) is 0.747. The second-order valence-electron chi connectivity index (χ2n) is 7.58. The molecule has 0 spiro atoms. The van der Waals surface area contributed by atoms with Crippen molar-refractivity contribution >= 4 is 38.6 Å². The van der Waals surface area contributed by atoms with Gasteiger partial charge in [0.1, 0.15) is 9.90 Å². The minimum atomic E-state index is -3.53. The summed E-state index contributed by atoms with van der Waals surface area (Å²) in [5.41, 5.74) is 0.0316. The van der Waals surface area contributed by atoms with Crippen LogP contribution < -0.4 is 10.2 Å². The lowest BCUT2D eigenvalue weighted by Gasteiger charge is -2.30. The first-order valence-corrected chi connectivity index (χ1v) is 12.3. The number of carbonyl (C=O) groups is 1. The zero-order valence-corrected chi connectivity index (χ0v) is 17.9. The third kappa shape index (κ3) is 4.21. The average Bonchev–Trinajstić information content (AvgIpc) is 3.42. The number of nitrogens with one attached hydrogen (secondary N) is 1.